The van der Waals surface area contributed by atoms with Crippen LogP contribution in [0.2, 0.25) is 0 Å². The Morgan fingerprint density at radius 1 is 1.32 bits per heavy atom. The normalized spacial score (nSPS) is 15.5. The van der Waals surface area contributed by atoms with Crippen LogP contribution in [-0.4, -0.2) is 11.5 Å². The molecule has 1 aliphatic carbocycles. The fourth-order valence-electron chi connectivity index (χ4n) is 2.78. The van der Waals surface area contributed by atoms with Gasteiger partial charge in [0, 0.05) is 4.88 Å². The van der Waals surface area contributed by atoms with Gasteiger partial charge in [0.05, 0.1) is 11.7 Å². The average Bonchev–Trinajstić information content (AvgIpc) is 2.97. The summed E-state index contributed by atoms with van der Waals surface area (Å²) >= 11 is 1.90. The van der Waals surface area contributed by atoms with E-state index in [9.17, 15) is 0 Å². The zero-order chi connectivity index (χ0) is 13.2. The van der Waals surface area contributed by atoms with Crippen molar-refractivity contribution < 1.29 is 0 Å². The van der Waals surface area contributed by atoms with Gasteiger partial charge in [0.2, 0.25) is 0 Å². The minimum absolute atomic E-state index is 0.252. The Balaban J connectivity index is 1.98. The van der Waals surface area contributed by atoms with Gasteiger partial charge >= 0.3 is 0 Å². The van der Waals surface area contributed by atoms with Gasteiger partial charge in [0.15, 0.2) is 0 Å². The molecule has 2 aromatic rings. The summed E-state index contributed by atoms with van der Waals surface area (Å²) in [7, 11) is 0. The zero-order valence-corrected chi connectivity index (χ0v) is 12.4. The van der Waals surface area contributed by atoms with E-state index in [1.807, 2.05) is 11.3 Å². The van der Waals surface area contributed by atoms with Gasteiger partial charge in [-0.05, 0) is 43.9 Å². The maximum atomic E-state index is 4.88. The van der Waals surface area contributed by atoms with Gasteiger partial charge in [-0.1, -0.05) is 31.2 Å². The molecule has 19 heavy (non-hydrogen) atoms. The predicted octanol–water partition coefficient (Wildman–Crippen LogP) is 3.64. The summed E-state index contributed by atoms with van der Waals surface area (Å²) in [5.74, 6) is 0. The van der Waals surface area contributed by atoms with Crippen LogP contribution in [0.1, 0.15) is 46.1 Å². The lowest BCUT2D eigenvalue weighted by molar-refractivity contribution is 0.622. The number of aryl methyl sites for hydroxylation is 3. The predicted molar refractivity (Wildman–Crippen MR) is 80.8 cm³/mol. The highest BCUT2D eigenvalue weighted by Gasteiger charge is 2.23. The number of thiazole rings is 1. The van der Waals surface area contributed by atoms with Gasteiger partial charge in [-0.15, -0.1) is 11.3 Å². The Kier molecular flexibility index (Phi) is 3.67. The first kappa shape index (κ1) is 12.8. The SMILES string of the molecule is CCNC(c1nc2c(s1)CCC2)c1ccccc1C. The average molecular weight is 272 g/mol. The highest BCUT2D eigenvalue weighted by molar-refractivity contribution is 7.11. The van der Waals surface area contributed by atoms with E-state index in [2.05, 4.69) is 43.4 Å². The first-order valence-electron chi connectivity index (χ1n) is 7.07. The highest BCUT2D eigenvalue weighted by atomic mass is 32.1. The maximum Gasteiger partial charge on any atom is 0.115 e. The molecule has 0 spiro atoms. The van der Waals surface area contributed by atoms with E-state index in [4.69, 9.17) is 4.98 Å². The monoisotopic (exact) mass is 272 g/mol. The molecule has 3 heteroatoms. The maximum absolute atomic E-state index is 4.88. The van der Waals surface area contributed by atoms with Crippen molar-refractivity contribution in [3.63, 3.8) is 0 Å². The molecule has 0 amide bonds. The van der Waals surface area contributed by atoms with Gasteiger partial charge < -0.3 is 5.32 Å². The van der Waals surface area contributed by atoms with Crippen LogP contribution in [0.15, 0.2) is 24.3 Å². The number of nitrogens with one attached hydrogen (secondary N) is 1. The number of aromatic nitrogens is 1. The molecule has 1 aromatic heterocycles. The molecule has 1 atom stereocenters. The van der Waals surface area contributed by atoms with E-state index >= 15 is 0 Å². The molecule has 0 saturated heterocycles. The van der Waals surface area contributed by atoms with Crippen LogP contribution < -0.4 is 5.32 Å². The third-order valence-corrected chi connectivity index (χ3v) is 4.99. The van der Waals surface area contributed by atoms with Crippen LogP contribution >= 0.6 is 11.3 Å². The van der Waals surface area contributed by atoms with Crippen molar-refractivity contribution in [2.75, 3.05) is 6.54 Å². The Morgan fingerprint density at radius 2 is 2.16 bits per heavy atom. The van der Waals surface area contributed by atoms with E-state index in [-0.39, 0.29) is 6.04 Å². The van der Waals surface area contributed by atoms with Gasteiger partial charge in [-0.2, -0.15) is 0 Å². The molecule has 1 unspecified atom stereocenters. The first-order chi connectivity index (χ1) is 9.29. The van der Waals surface area contributed by atoms with Gasteiger partial charge in [-0.3, -0.25) is 0 Å². The van der Waals surface area contributed by atoms with Crippen LogP contribution in [0.5, 0.6) is 0 Å². The second-order valence-electron chi connectivity index (χ2n) is 5.12. The number of hydrogen-bond donors (Lipinski definition) is 1. The minimum Gasteiger partial charge on any atom is -0.305 e. The molecule has 100 valence electrons. The third-order valence-electron chi connectivity index (χ3n) is 3.77. The second-order valence-corrected chi connectivity index (χ2v) is 6.24. The van der Waals surface area contributed by atoms with Crippen molar-refractivity contribution in [1.82, 2.24) is 10.3 Å². The van der Waals surface area contributed by atoms with Gasteiger partial charge in [-0.25, -0.2) is 4.98 Å². The quantitative estimate of drug-likeness (QED) is 0.919. The van der Waals surface area contributed by atoms with E-state index in [1.54, 1.807) is 0 Å². The van der Waals surface area contributed by atoms with E-state index in [0.717, 1.165) is 6.54 Å². The molecule has 1 aliphatic rings. The lowest BCUT2D eigenvalue weighted by atomic mass is 10.0. The summed E-state index contributed by atoms with van der Waals surface area (Å²) in [6.07, 6.45) is 3.67. The van der Waals surface area contributed by atoms with E-state index in [0.29, 0.717) is 0 Å². The summed E-state index contributed by atoms with van der Waals surface area (Å²) < 4.78 is 0. The van der Waals surface area contributed by atoms with Crippen LogP contribution in [-0.2, 0) is 12.8 Å². The lowest BCUT2D eigenvalue weighted by Gasteiger charge is -2.18. The molecule has 3 rings (SSSR count). The summed E-state index contributed by atoms with van der Waals surface area (Å²) in [4.78, 5) is 6.39. The van der Waals surface area contributed by atoms with Crippen LogP contribution in [0.4, 0.5) is 0 Å². The zero-order valence-electron chi connectivity index (χ0n) is 11.6. The molecule has 2 nitrogen and oxygen atoms in total. The summed E-state index contributed by atoms with van der Waals surface area (Å²) in [6.45, 7) is 5.30. The Bertz CT molecular complexity index is 552. The Hall–Kier alpha value is -1.19. The van der Waals surface area contributed by atoms with Crippen LogP contribution in [0, 0.1) is 6.92 Å². The molecule has 0 bridgehead atoms. The molecule has 1 N–H and O–H groups in total. The van der Waals surface area contributed by atoms with Crippen molar-refractivity contribution in [3.05, 3.63) is 51.0 Å². The van der Waals surface area contributed by atoms with Crippen LogP contribution in [0.25, 0.3) is 0 Å². The Morgan fingerprint density at radius 3 is 2.89 bits per heavy atom. The summed E-state index contributed by atoms with van der Waals surface area (Å²) in [5.41, 5.74) is 4.04. The standard InChI is InChI=1S/C16H20N2S/c1-3-17-15(12-8-5-4-7-11(12)2)16-18-13-9-6-10-14(13)19-16/h4-5,7-8,15,17H,3,6,9-10H2,1-2H3. The van der Waals surface area contributed by atoms with Crippen molar-refractivity contribution in [3.8, 4) is 0 Å². The number of rotatable bonds is 4. The fraction of sp³-hybridized carbons (Fsp3) is 0.438. The number of benzene rings is 1. The Labute approximate surface area is 118 Å². The number of hydrogen-bond acceptors (Lipinski definition) is 3. The molecule has 0 fully saturated rings. The molecule has 1 aromatic carbocycles. The smallest absolute Gasteiger partial charge is 0.115 e. The number of fused-ring (bicyclic) bond motifs is 1. The molecule has 0 saturated carbocycles. The third kappa shape index (κ3) is 2.45. The summed E-state index contributed by atoms with van der Waals surface area (Å²) in [6, 6.07) is 8.87. The lowest BCUT2D eigenvalue weighted by Crippen LogP contribution is -2.22. The summed E-state index contributed by atoms with van der Waals surface area (Å²) in [5, 5.41) is 4.83. The van der Waals surface area contributed by atoms with Gasteiger partial charge in [0.25, 0.3) is 0 Å². The fourth-order valence-corrected chi connectivity index (χ4v) is 4.03. The van der Waals surface area contributed by atoms with Crippen molar-refractivity contribution in [2.24, 2.45) is 0 Å². The van der Waals surface area contributed by atoms with Crippen molar-refractivity contribution in [1.29, 1.82) is 0 Å². The van der Waals surface area contributed by atoms with E-state index < -0.39 is 0 Å². The highest BCUT2D eigenvalue weighted by Crippen LogP contribution is 2.34. The molecule has 0 radical (unpaired) electrons. The molecule has 1 heterocycles. The largest absolute Gasteiger partial charge is 0.305 e. The van der Waals surface area contributed by atoms with Crippen LogP contribution in [0.3, 0.4) is 0 Å². The minimum atomic E-state index is 0.252. The second kappa shape index (κ2) is 5.43. The van der Waals surface area contributed by atoms with Crippen molar-refractivity contribution in [2.45, 2.75) is 39.2 Å². The van der Waals surface area contributed by atoms with E-state index in [1.165, 1.54) is 46.0 Å². The number of nitrogens with zero attached hydrogens (tertiary/aromatic N) is 1. The molecular formula is C16H20N2S. The molecular weight excluding hydrogens is 252 g/mol. The van der Waals surface area contributed by atoms with Crippen molar-refractivity contribution >= 4 is 11.3 Å². The van der Waals surface area contributed by atoms with Gasteiger partial charge in [0.1, 0.15) is 5.01 Å². The topological polar surface area (TPSA) is 24.9 Å². The first-order valence-corrected chi connectivity index (χ1v) is 7.88. The molecule has 0 aliphatic heterocycles.